The molecule has 1 aliphatic heterocycles. The van der Waals surface area contributed by atoms with Crippen LogP contribution in [-0.2, 0) is 4.74 Å². The smallest absolute Gasteiger partial charge is 0.410 e. The quantitative estimate of drug-likeness (QED) is 0.703. The molecule has 1 saturated heterocycles. The average Bonchev–Trinajstić information content (AvgIpc) is 2.59. The van der Waals surface area contributed by atoms with Gasteiger partial charge in [0.2, 0.25) is 0 Å². The van der Waals surface area contributed by atoms with Crippen molar-refractivity contribution in [1.82, 2.24) is 4.90 Å². The maximum Gasteiger partial charge on any atom is 0.410 e. The van der Waals surface area contributed by atoms with E-state index in [0.29, 0.717) is 12.0 Å². The van der Waals surface area contributed by atoms with Crippen LogP contribution in [0.3, 0.4) is 0 Å². The molecule has 15 heavy (non-hydrogen) atoms. The van der Waals surface area contributed by atoms with E-state index >= 15 is 0 Å². The van der Waals surface area contributed by atoms with Crippen molar-refractivity contribution in [2.24, 2.45) is 5.92 Å². The lowest BCUT2D eigenvalue weighted by Crippen LogP contribution is -2.41. The second-order valence-electron chi connectivity index (χ2n) is 5.08. The zero-order chi connectivity index (χ0) is 10.8. The third kappa shape index (κ3) is 2.27. The first-order chi connectivity index (χ1) is 7.18. The Morgan fingerprint density at radius 1 is 1.27 bits per heavy atom. The summed E-state index contributed by atoms with van der Waals surface area (Å²) in [5.41, 5.74) is 0. The fourth-order valence-corrected chi connectivity index (χ4v) is 2.41. The lowest BCUT2D eigenvalue weighted by Gasteiger charge is -2.31. The number of likely N-dealkylation sites (tertiary alicyclic amines) is 1. The predicted octanol–water partition coefficient (Wildman–Crippen LogP) is 2.80. The van der Waals surface area contributed by atoms with E-state index in [4.69, 9.17) is 4.74 Å². The lowest BCUT2D eigenvalue weighted by molar-refractivity contribution is 0.0212. The summed E-state index contributed by atoms with van der Waals surface area (Å²) in [7, 11) is 0. The zero-order valence-corrected chi connectivity index (χ0v) is 9.74. The van der Waals surface area contributed by atoms with Gasteiger partial charge in [-0.05, 0) is 38.0 Å². The standard InChI is InChI=1S/C12H21NO2/c1-9(2)11-7-4-8-13(11)12(14)15-10-5-3-6-10/h9-11H,3-8H2,1-2H3. The molecule has 0 N–H and O–H groups in total. The van der Waals surface area contributed by atoms with Gasteiger partial charge in [0.15, 0.2) is 0 Å². The van der Waals surface area contributed by atoms with Gasteiger partial charge >= 0.3 is 6.09 Å². The molecule has 86 valence electrons. The summed E-state index contributed by atoms with van der Waals surface area (Å²) in [6.07, 6.45) is 5.74. The molecule has 0 aromatic rings. The van der Waals surface area contributed by atoms with Crippen LogP contribution in [0.4, 0.5) is 4.79 Å². The molecule has 2 rings (SSSR count). The largest absolute Gasteiger partial charge is 0.446 e. The minimum absolute atomic E-state index is 0.0732. The number of nitrogens with zero attached hydrogens (tertiary/aromatic N) is 1. The van der Waals surface area contributed by atoms with E-state index in [2.05, 4.69) is 13.8 Å². The van der Waals surface area contributed by atoms with Crippen molar-refractivity contribution in [1.29, 1.82) is 0 Å². The third-order valence-corrected chi connectivity index (χ3v) is 3.62. The van der Waals surface area contributed by atoms with Crippen molar-refractivity contribution in [3.63, 3.8) is 0 Å². The van der Waals surface area contributed by atoms with E-state index < -0.39 is 0 Å². The molecular formula is C12H21NO2. The summed E-state index contributed by atoms with van der Waals surface area (Å²) in [5, 5.41) is 0. The molecular weight excluding hydrogens is 190 g/mol. The van der Waals surface area contributed by atoms with Gasteiger partial charge in [-0.3, -0.25) is 0 Å². The van der Waals surface area contributed by atoms with E-state index in [9.17, 15) is 4.79 Å². The van der Waals surface area contributed by atoms with Gasteiger partial charge < -0.3 is 9.64 Å². The van der Waals surface area contributed by atoms with Crippen LogP contribution in [0.15, 0.2) is 0 Å². The second-order valence-corrected chi connectivity index (χ2v) is 5.08. The summed E-state index contributed by atoms with van der Waals surface area (Å²) >= 11 is 0. The number of carbonyl (C=O) groups excluding carboxylic acids is 1. The summed E-state index contributed by atoms with van der Waals surface area (Å²) in [5.74, 6) is 0.543. The normalized spacial score (nSPS) is 26.9. The predicted molar refractivity (Wildman–Crippen MR) is 58.7 cm³/mol. The fourth-order valence-electron chi connectivity index (χ4n) is 2.41. The van der Waals surface area contributed by atoms with Crippen molar-refractivity contribution in [2.45, 2.75) is 58.1 Å². The minimum atomic E-state index is -0.0732. The van der Waals surface area contributed by atoms with Gasteiger partial charge in [-0.1, -0.05) is 13.8 Å². The van der Waals surface area contributed by atoms with Crippen molar-refractivity contribution < 1.29 is 9.53 Å². The summed E-state index contributed by atoms with van der Waals surface area (Å²) in [4.78, 5) is 13.8. The maximum atomic E-state index is 11.9. The Kier molecular flexibility index (Phi) is 3.17. The molecule has 2 aliphatic rings. The Morgan fingerprint density at radius 2 is 2.00 bits per heavy atom. The molecule has 1 heterocycles. The van der Waals surface area contributed by atoms with Gasteiger partial charge in [-0.15, -0.1) is 0 Å². The Labute approximate surface area is 91.8 Å². The van der Waals surface area contributed by atoms with Gasteiger partial charge in [0.1, 0.15) is 6.10 Å². The van der Waals surface area contributed by atoms with E-state index in [-0.39, 0.29) is 12.2 Å². The highest BCUT2D eigenvalue weighted by Crippen LogP contribution is 2.27. The van der Waals surface area contributed by atoms with Crippen LogP contribution in [0, 0.1) is 5.92 Å². The second kappa shape index (κ2) is 4.42. The topological polar surface area (TPSA) is 29.5 Å². The molecule has 0 radical (unpaired) electrons. The van der Waals surface area contributed by atoms with Crippen LogP contribution in [0.5, 0.6) is 0 Å². The summed E-state index contributed by atoms with van der Waals surface area (Å²) < 4.78 is 5.44. The van der Waals surface area contributed by atoms with Gasteiger partial charge in [0.25, 0.3) is 0 Å². The molecule has 0 aromatic heterocycles. The zero-order valence-electron chi connectivity index (χ0n) is 9.74. The highest BCUT2D eigenvalue weighted by molar-refractivity contribution is 5.68. The first-order valence-corrected chi connectivity index (χ1v) is 6.15. The third-order valence-electron chi connectivity index (χ3n) is 3.62. The first kappa shape index (κ1) is 10.8. The number of ether oxygens (including phenoxy) is 1. The van der Waals surface area contributed by atoms with Gasteiger partial charge in [0, 0.05) is 12.6 Å². The van der Waals surface area contributed by atoms with Crippen molar-refractivity contribution >= 4 is 6.09 Å². The summed E-state index contributed by atoms with van der Waals surface area (Å²) in [6.45, 7) is 5.24. The molecule has 1 atom stereocenters. The molecule has 0 spiro atoms. The van der Waals surface area contributed by atoms with Crippen LogP contribution in [0.1, 0.15) is 46.0 Å². The molecule has 1 unspecified atom stereocenters. The Bertz CT molecular complexity index is 236. The van der Waals surface area contributed by atoms with Crippen LogP contribution < -0.4 is 0 Å². The van der Waals surface area contributed by atoms with Crippen LogP contribution in [0.2, 0.25) is 0 Å². The molecule has 1 saturated carbocycles. The number of carbonyl (C=O) groups is 1. The molecule has 3 heteroatoms. The molecule has 3 nitrogen and oxygen atoms in total. The van der Waals surface area contributed by atoms with Crippen LogP contribution in [-0.4, -0.2) is 29.7 Å². The average molecular weight is 211 g/mol. The Balaban J connectivity index is 1.87. The van der Waals surface area contributed by atoms with Crippen molar-refractivity contribution in [3.8, 4) is 0 Å². The molecule has 1 amide bonds. The van der Waals surface area contributed by atoms with Crippen molar-refractivity contribution in [2.75, 3.05) is 6.54 Å². The Morgan fingerprint density at radius 3 is 2.53 bits per heavy atom. The SMILES string of the molecule is CC(C)C1CCCN1C(=O)OC1CCC1. The van der Waals surface area contributed by atoms with E-state index in [1.165, 1.54) is 6.42 Å². The first-order valence-electron chi connectivity index (χ1n) is 6.15. The lowest BCUT2D eigenvalue weighted by atomic mass is 9.96. The number of hydrogen-bond donors (Lipinski definition) is 0. The van der Waals surface area contributed by atoms with E-state index in [1.54, 1.807) is 0 Å². The molecule has 2 fully saturated rings. The maximum absolute atomic E-state index is 11.9. The molecule has 0 aromatic carbocycles. The Hall–Kier alpha value is -0.730. The van der Waals surface area contributed by atoms with Gasteiger partial charge in [-0.2, -0.15) is 0 Å². The van der Waals surface area contributed by atoms with E-state index in [0.717, 1.165) is 32.2 Å². The van der Waals surface area contributed by atoms with E-state index in [1.807, 2.05) is 4.90 Å². The highest BCUT2D eigenvalue weighted by Gasteiger charge is 2.33. The fraction of sp³-hybridized carbons (Fsp3) is 0.917. The van der Waals surface area contributed by atoms with Gasteiger partial charge in [0.05, 0.1) is 0 Å². The molecule has 0 bridgehead atoms. The van der Waals surface area contributed by atoms with Gasteiger partial charge in [-0.25, -0.2) is 4.79 Å². The number of rotatable bonds is 2. The summed E-state index contributed by atoms with van der Waals surface area (Å²) in [6, 6.07) is 0.401. The number of amides is 1. The van der Waals surface area contributed by atoms with Crippen molar-refractivity contribution in [3.05, 3.63) is 0 Å². The van der Waals surface area contributed by atoms with Crippen LogP contribution in [0.25, 0.3) is 0 Å². The molecule has 1 aliphatic carbocycles. The van der Waals surface area contributed by atoms with Crippen LogP contribution >= 0.6 is 0 Å². The minimum Gasteiger partial charge on any atom is -0.446 e. The highest BCUT2D eigenvalue weighted by atomic mass is 16.6. The number of hydrogen-bond acceptors (Lipinski definition) is 2. The monoisotopic (exact) mass is 211 g/mol.